The number of aromatic nitrogens is 2. The van der Waals surface area contributed by atoms with E-state index < -0.39 is 118 Å². The van der Waals surface area contributed by atoms with Gasteiger partial charge in [0.2, 0.25) is 0 Å². The highest BCUT2D eigenvalue weighted by atomic mass is 32.2. The molecule has 2 rings (SSSR count). The number of pyridine rings is 2. The average Bonchev–Trinajstić information content (AvgIpc) is 3.12. The fourth-order valence-corrected chi connectivity index (χ4v) is 4.97. The maximum absolute atomic E-state index is 14.3. The molecule has 68 heavy (non-hydrogen) atoms. The molecule has 0 aliphatic carbocycles. The number of hydrogen-bond donors (Lipinski definition) is 0. The van der Waals surface area contributed by atoms with Crippen LogP contribution < -0.4 is 9.13 Å². The van der Waals surface area contributed by atoms with Crippen molar-refractivity contribution in [2.45, 2.75) is 123 Å². The summed E-state index contributed by atoms with van der Waals surface area (Å²) in [4.78, 5) is 0. The predicted octanol–water partition coefficient (Wildman–Crippen LogP) is 9.41. The van der Waals surface area contributed by atoms with E-state index in [1.165, 1.54) is 0 Å². The molecule has 0 saturated carbocycles. The highest BCUT2D eigenvalue weighted by Crippen LogP contribution is 2.62. The molecule has 0 atom stereocenters. The molecular weight excluding hydrogens is 1070 g/mol. The van der Waals surface area contributed by atoms with Crippen molar-refractivity contribution in [3.8, 4) is 0 Å². The predicted molar refractivity (Wildman–Crippen MR) is 172 cm³/mol. The topological polar surface area (TPSA) is 122 Å². The van der Waals surface area contributed by atoms with Crippen molar-refractivity contribution in [2.24, 2.45) is 0 Å². The van der Waals surface area contributed by atoms with Gasteiger partial charge in [0.05, 0.1) is 33.1 Å². The fraction of sp³-hybridized carbons (Fsp3) is 0.688. The SMILES string of the molecule is CS(=O)(=O)[O-].CS(=O)(=O)[O-].FC(F)(F)C(F)(F)C(F)(F)C(F)(F)C(F)(F)C(F)(F)CC[n+]1ccccc1CCCCc1cccc[n+]1CCC(F)(F)C(F)(F)C(F)(F)C(F)(F)C(F)(F)C(F)(F)F. The minimum absolute atomic E-state index is 0.154. The van der Waals surface area contributed by atoms with Gasteiger partial charge in [0.1, 0.15) is 0 Å². The first-order chi connectivity index (χ1) is 29.6. The van der Waals surface area contributed by atoms with E-state index in [0.717, 1.165) is 48.8 Å². The lowest BCUT2D eigenvalue weighted by Gasteiger charge is -2.39. The van der Waals surface area contributed by atoms with Gasteiger partial charge in [0.15, 0.2) is 36.9 Å². The zero-order chi connectivity index (χ0) is 54.6. The second-order valence-electron chi connectivity index (χ2n) is 13.9. The highest BCUT2D eigenvalue weighted by Gasteiger charge is 2.92. The monoisotopic (exact) mass is 1100 g/mol. The van der Waals surface area contributed by atoms with E-state index >= 15 is 0 Å². The highest BCUT2D eigenvalue weighted by molar-refractivity contribution is 7.85. The molecule has 398 valence electrons. The lowest BCUT2D eigenvalue weighted by atomic mass is 9.92. The Balaban J connectivity index is 0.00000404. The van der Waals surface area contributed by atoms with Crippen molar-refractivity contribution < 1.29 is 149 Å². The van der Waals surface area contributed by atoms with Gasteiger partial charge >= 0.3 is 71.6 Å². The summed E-state index contributed by atoms with van der Waals surface area (Å²) in [6, 6.07) is 6.49. The van der Waals surface area contributed by atoms with Gasteiger partial charge in [0, 0.05) is 49.6 Å². The second kappa shape index (κ2) is 20.9. The molecule has 0 aliphatic heterocycles. The van der Waals surface area contributed by atoms with E-state index in [2.05, 4.69) is 0 Å². The molecule has 8 nitrogen and oxygen atoms in total. The number of rotatable bonds is 19. The smallest absolute Gasteiger partial charge is 0.460 e. The molecule has 0 unspecified atom stereocenters. The summed E-state index contributed by atoms with van der Waals surface area (Å²) in [7, 11) is -7.83. The van der Waals surface area contributed by atoms with Gasteiger partial charge in [-0.1, -0.05) is 12.1 Å². The van der Waals surface area contributed by atoms with E-state index in [9.17, 15) is 114 Å². The van der Waals surface area contributed by atoms with Gasteiger partial charge < -0.3 is 9.11 Å². The van der Waals surface area contributed by atoms with Crippen molar-refractivity contribution in [2.75, 3.05) is 12.5 Å². The average molecular weight is 1100 g/mol. The van der Waals surface area contributed by atoms with E-state index in [1.54, 1.807) is 0 Å². The van der Waals surface area contributed by atoms with E-state index in [4.69, 9.17) is 25.9 Å². The number of aryl methyl sites for hydroxylation is 4. The van der Waals surface area contributed by atoms with Crippen LogP contribution in [0.5, 0.6) is 0 Å². The Bertz CT molecular complexity index is 2030. The van der Waals surface area contributed by atoms with Gasteiger partial charge in [-0.2, -0.15) is 114 Å². The van der Waals surface area contributed by atoms with Crippen molar-refractivity contribution in [1.29, 1.82) is 0 Å². The molecule has 2 heterocycles. The van der Waals surface area contributed by atoms with Crippen LogP contribution in [-0.2, 0) is 46.2 Å². The fourth-order valence-electron chi connectivity index (χ4n) is 4.97. The Morgan fingerprint density at radius 1 is 0.397 bits per heavy atom. The lowest BCUT2D eigenvalue weighted by molar-refractivity contribution is -0.708. The first-order valence-corrected chi connectivity index (χ1v) is 21.0. The molecule has 0 aliphatic rings. The van der Waals surface area contributed by atoms with Crippen LogP contribution in [-0.4, -0.2) is 110 Å². The molecule has 0 radical (unpaired) electrons. The van der Waals surface area contributed by atoms with Gasteiger partial charge in [-0.25, -0.2) is 26.0 Å². The van der Waals surface area contributed by atoms with Crippen LogP contribution in [0.1, 0.15) is 37.1 Å². The summed E-state index contributed by atoms with van der Waals surface area (Å²) in [6.45, 7) is -2.99. The second-order valence-corrected chi connectivity index (χ2v) is 16.7. The molecule has 0 N–H and O–H groups in total. The van der Waals surface area contributed by atoms with Crippen molar-refractivity contribution >= 4 is 20.2 Å². The van der Waals surface area contributed by atoms with Crippen molar-refractivity contribution in [3.63, 3.8) is 0 Å². The molecular formula is C32H30F26N2O6S2. The van der Waals surface area contributed by atoms with Crippen LogP contribution in [0.15, 0.2) is 48.8 Å². The lowest BCUT2D eigenvalue weighted by Crippen LogP contribution is -2.70. The summed E-state index contributed by atoms with van der Waals surface area (Å²) < 4.78 is 405. The summed E-state index contributed by atoms with van der Waals surface area (Å²) in [5, 5.41) is 0. The Morgan fingerprint density at radius 3 is 0.838 bits per heavy atom. The third kappa shape index (κ3) is 14.4. The van der Waals surface area contributed by atoms with E-state index in [-0.39, 0.29) is 37.1 Å². The van der Waals surface area contributed by atoms with Crippen LogP contribution in [0.2, 0.25) is 0 Å². The van der Waals surface area contributed by atoms with Crippen molar-refractivity contribution in [1.82, 2.24) is 0 Å². The number of unbranched alkanes of at least 4 members (excludes halogenated alkanes) is 1. The summed E-state index contributed by atoms with van der Waals surface area (Å²) in [6.07, 6.45) is -18.4. The van der Waals surface area contributed by atoms with Gasteiger partial charge in [-0.05, 0) is 12.8 Å². The normalized spacial score (nSPS) is 14.7. The maximum atomic E-state index is 14.3. The van der Waals surface area contributed by atoms with Gasteiger partial charge in [-0.3, -0.25) is 0 Å². The summed E-state index contributed by atoms with van der Waals surface area (Å²) in [5.74, 6) is -75.8. The third-order valence-electron chi connectivity index (χ3n) is 8.52. The number of nitrogens with zero attached hydrogens (tertiary/aromatic N) is 2. The van der Waals surface area contributed by atoms with E-state index in [1.807, 2.05) is 0 Å². The Kier molecular flexibility index (Phi) is 19.8. The zero-order valence-electron chi connectivity index (χ0n) is 33.3. The summed E-state index contributed by atoms with van der Waals surface area (Å²) in [5.41, 5.74) is -0.307. The largest absolute Gasteiger partial charge is 0.748 e. The first kappa shape index (κ1) is 64.3. The van der Waals surface area contributed by atoms with Crippen LogP contribution in [0.3, 0.4) is 0 Å². The van der Waals surface area contributed by atoms with Crippen LogP contribution in [0, 0.1) is 0 Å². The van der Waals surface area contributed by atoms with Crippen molar-refractivity contribution in [3.05, 3.63) is 60.2 Å². The number of hydrogen-bond acceptors (Lipinski definition) is 6. The minimum Gasteiger partial charge on any atom is -0.748 e. The van der Waals surface area contributed by atoms with E-state index in [0.29, 0.717) is 21.6 Å². The zero-order valence-corrected chi connectivity index (χ0v) is 34.9. The summed E-state index contributed by atoms with van der Waals surface area (Å²) >= 11 is 0. The standard InChI is InChI=1S/C30H24F26N2.2CH4O3S/c31-19(32,21(35,36)23(39,40)25(43,44)27(47,48)29(51,52)53)11-15-57-13-5-3-9-17(57)7-1-2-8-18-10-4-6-14-58(18)16-12-20(33,34)22(37,38)24(41,42)26(45,46)28(49,50)30(54,55)56;2*1-5(2,3)4/h3-6,9-10,13-14H,1-2,7-8,11-12,15-16H2;2*1H3,(H,2,3,4)/q+2;;/p-2. The van der Waals surface area contributed by atoms with Gasteiger partial charge in [0.25, 0.3) is 0 Å². The minimum atomic E-state index is -8.09. The quantitative estimate of drug-likeness (QED) is 0.0599. The number of halogens is 26. The first-order valence-electron chi connectivity index (χ1n) is 17.3. The molecule has 0 fully saturated rings. The Morgan fingerprint density at radius 2 is 0.618 bits per heavy atom. The maximum Gasteiger partial charge on any atom is 0.460 e. The molecule has 0 spiro atoms. The third-order valence-corrected chi connectivity index (χ3v) is 8.52. The van der Waals surface area contributed by atoms with Gasteiger partial charge in [-0.15, -0.1) is 0 Å². The molecule has 0 amide bonds. The number of alkyl halides is 26. The molecule has 2 aromatic heterocycles. The molecule has 0 saturated heterocycles. The molecule has 0 bridgehead atoms. The Labute approximate surface area is 365 Å². The van der Waals surface area contributed by atoms with Crippen LogP contribution >= 0.6 is 0 Å². The van der Waals surface area contributed by atoms with Crippen LogP contribution in [0.4, 0.5) is 114 Å². The Hall–Kier alpha value is -3.70. The molecule has 2 aromatic rings. The molecule has 36 heteroatoms. The van der Waals surface area contributed by atoms with Crippen LogP contribution in [0.25, 0.3) is 0 Å². The molecule has 0 aromatic carbocycles.